The zero-order valence-electron chi connectivity index (χ0n) is 9.62. The van der Waals surface area contributed by atoms with E-state index in [0.717, 1.165) is 0 Å². The molecule has 0 bridgehead atoms. The van der Waals surface area contributed by atoms with Crippen LogP contribution in [0, 0.1) is 0 Å². The maximum absolute atomic E-state index is 6.09. The molecule has 0 amide bonds. The van der Waals surface area contributed by atoms with Crippen LogP contribution in [0.4, 0.5) is 5.69 Å². The predicted molar refractivity (Wildman–Crippen MR) is 70.2 cm³/mol. The average molecular weight is 274 g/mol. The van der Waals surface area contributed by atoms with Crippen LogP contribution in [0.25, 0.3) is 23.0 Å². The van der Waals surface area contributed by atoms with Crippen LogP contribution in [-0.2, 0) is 0 Å². The highest BCUT2D eigenvalue weighted by atomic mass is 35.5. The maximum Gasteiger partial charge on any atom is 0.261 e. The number of hydrogen-bond acceptors (Lipinski definition) is 6. The van der Waals surface area contributed by atoms with Gasteiger partial charge in [-0.1, -0.05) is 22.8 Å². The van der Waals surface area contributed by atoms with Crippen LogP contribution >= 0.6 is 11.6 Å². The summed E-state index contributed by atoms with van der Waals surface area (Å²) in [6.45, 7) is 0. The van der Waals surface area contributed by atoms with Gasteiger partial charge in [-0.15, -0.1) is 0 Å². The van der Waals surface area contributed by atoms with Crippen LogP contribution in [0.1, 0.15) is 0 Å². The van der Waals surface area contributed by atoms with Gasteiger partial charge in [0.2, 0.25) is 5.82 Å². The van der Waals surface area contributed by atoms with Crippen molar-refractivity contribution >= 4 is 17.3 Å². The Bertz CT molecular complexity index is 693. The normalized spacial score (nSPS) is 10.6. The van der Waals surface area contributed by atoms with Gasteiger partial charge in [0, 0.05) is 11.9 Å². The van der Waals surface area contributed by atoms with Gasteiger partial charge in [0.25, 0.3) is 5.89 Å². The van der Waals surface area contributed by atoms with E-state index in [4.69, 9.17) is 21.9 Å². The number of benzene rings is 1. The Labute approximate surface area is 113 Å². The number of anilines is 1. The topological polar surface area (TPSA) is 90.7 Å². The van der Waals surface area contributed by atoms with Crippen molar-refractivity contribution in [2.45, 2.75) is 0 Å². The van der Waals surface area contributed by atoms with E-state index in [-0.39, 0.29) is 5.89 Å². The first-order valence-corrected chi connectivity index (χ1v) is 5.78. The lowest BCUT2D eigenvalue weighted by atomic mass is 10.2. The number of nitrogen functional groups attached to an aromatic ring is 1. The second kappa shape index (κ2) is 4.66. The summed E-state index contributed by atoms with van der Waals surface area (Å²) in [5, 5.41) is 4.31. The van der Waals surface area contributed by atoms with Crippen molar-refractivity contribution in [2.75, 3.05) is 5.73 Å². The van der Waals surface area contributed by atoms with Crippen molar-refractivity contribution in [3.05, 3.63) is 41.8 Å². The molecular formula is C12H8ClN5O. The van der Waals surface area contributed by atoms with Gasteiger partial charge in [0.15, 0.2) is 0 Å². The number of rotatable bonds is 2. The summed E-state index contributed by atoms with van der Waals surface area (Å²) in [7, 11) is 0. The lowest BCUT2D eigenvalue weighted by molar-refractivity contribution is 0.432. The van der Waals surface area contributed by atoms with E-state index >= 15 is 0 Å². The van der Waals surface area contributed by atoms with Crippen molar-refractivity contribution < 1.29 is 4.52 Å². The first-order chi connectivity index (χ1) is 9.25. The summed E-state index contributed by atoms with van der Waals surface area (Å²) in [6.07, 6.45) is 3.01. The summed E-state index contributed by atoms with van der Waals surface area (Å²) in [6, 6.07) is 6.87. The highest BCUT2D eigenvalue weighted by Gasteiger charge is 2.16. The minimum atomic E-state index is 0.261. The van der Waals surface area contributed by atoms with Crippen molar-refractivity contribution in [1.29, 1.82) is 0 Å². The van der Waals surface area contributed by atoms with Gasteiger partial charge in [-0.2, -0.15) is 4.98 Å². The molecule has 0 atom stereocenters. The second-order valence-electron chi connectivity index (χ2n) is 3.72. The number of aromatic nitrogens is 4. The Balaban J connectivity index is 2.07. The highest BCUT2D eigenvalue weighted by molar-refractivity contribution is 6.33. The molecule has 6 nitrogen and oxygen atoms in total. The van der Waals surface area contributed by atoms with Crippen LogP contribution in [0.15, 0.2) is 41.3 Å². The van der Waals surface area contributed by atoms with E-state index in [1.807, 2.05) is 0 Å². The van der Waals surface area contributed by atoms with Crippen molar-refractivity contribution in [2.24, 2.45) is 0 Å². The first kappa shape index (κ1) is 11.6. The molecule has 0 aliphatic rings. The van der Waals surface area contributed by atoms with Crippen LogP contribution in [-0.4, -0.2) is 20.1 Å². The number of halogens is 1. The molecule has 0 fully saturated rings. The molecule has 2 aromatic heterocycles. The van der Waals surface area contributed by atoms with Gasteiger partial charge in [0.1, 0.15) is 12.0 Å². The fourth-order valence-corrected chi connectivity index (χ4v) is 1.88. The van der Waals surface area contributed by atoms with Gasteiger partial charge in [-0.05, 0) is 18.2 Å². The summed E-state index contributed by atoms with van der Waals surface area (Å²) < 4.78 is 5.18. The summed E-state index contributed by atoms with van der Waals surface area (Å²) >= 11 is 6.09. The maximum atomic E-state index is 6.09. The van der Waals surface area contributed by atoms with Gasteiger partial charge >= 0.3 is 0 Å². The molecule has 0 unspecified atom stereocenters. The van der Waals surface area contributed by atoms with E-state index < -0.39 is 0 Å². The fourth-order valence-electron chi connectivity index (χ4n) is 1.62. The van der Waals surface area contributed by atoms with Crippen molar-refractivity contribution in [3.63, 3.8) is 0 Å². The van der Waals surface area contributed by atoms with E-state index in [1.165, 1.54) is 6.33 Å². The number of nitrogens with two attached hydrogens (primary N) is 1. The monoisotopic (exact) mass is 273 g/mol. The second-order valence-corrected chi connectivity index (χ2v) is 4.13. The van der Waals surface area contributed by atoms with Crippen molar-refractivity contribution in [1.82, 2.24) is 20.1 Å². The molecule has 0 spiro atoms. The molecule has 2 heterocycles. The Kier molecular flexibility index (Phi) is 2.85. The summed E-state index contributed by atoms with van der Waals surface area (Å²) in [5.41, 5.74) is 7.43. The molecular weight excluding hydrogens is 266 g/mol. The molecule has 2 N–H and O–H groups in total. The largest absolute Gasteiger partial charge is 0.398 e. The third-order valence-corrected chi connectivity index (χ3v) is 2.81. The van der Waals surface area contributed by atoms with Crippen LogP contribution in [0.5, 0.6) is 0 Å². The molecule has 0 aliphatic heterocycles. The molecule has 3 aromatic rings. The van der Waals surface area contributed by atoms with Crippen LogP contribution < -0.4 is 5.73 Å². The molecule has 3 rings (SSSR count). The minimum absolute atomic E-state index is 0.261. The van der Waals surface area contributed by atoms with Crippen LogP contribution in [0.3, 0.4) is 0 Å². The van der Waals surface area contributed by atoms with Crippen LogP contribution in [0.2, 0.25) is 5.02 Å². The Morgan fingerprint density at radius 1 is 1.21 bits per heavy atom. The lowest BCUT2D eigenvalue weighted by Gasteiger charge is -2.01. The van der Waals surface area contributed by atoms with Gasteiger partial charge < -0.3 is 10.3 Å². The standard InChI is InChI=1S/C12H8ClN5O/c13-7-2-1-3-8(14)10(7)12-17-11(18-19-12)9-4-5-15-6-16-9/h1-6H,14H2. The molecule has 7 heteroatoms. The zero-order chi connectivity index (χ0) is 13.2. The van der Waals surface area contributed by atoms with E-state index in [9.17, 15) is 0 Å². The molecule has 0 aliphatic carbocycles. The smallest absolute Gasteiger partial charge is 0.261 e. The molecule has 0 saturated carbocycles. The predicted octanol–water partition coefficient (Wildman–Crippen LogP) is 2.43. The van der Waals surface area contributed by atoms with Gasteiger partial charge in [-0.25, -0.2) is 9.97 Å². The summed E-state index contributed by atoms with van der Waals surface area (Å²) in [4.78, 5) is 12.1. The quantitative estimate of drug-likeness (QED) is 0.721. The molecule has 94 valence electrons. The molecule has 0 saturated heterocycles. The van der Waals surface area contributed by atoms with E-state index in [2.05, 4.69) is 20.1 Å². The number of hydrogen-bond donors (Lipinski definition) is 1. The van der Waals surface area contributed by atoms with Gasteiger partial charge in [0.05, 0.1) is 10.6 Å². The first-order valence-electron chi connectivity index (χ1n) is 5.40. The average Bonchev–Trinajstić information content (AvgIpc) is 2.89. The van der Waals surface area contributed by atoms with E-state index in [1.54, 1.807) is 30.5 Å². The SMILES string of the molecule is Nc1cccc(Cl)c1-c1nc(-c2ccncn2)no1. The molecule has 19 heavy (non-hydrogen) atoms. The number of nitrogens with zero attached hydrogens (tertiary/aromatic N) is 4. The fraction of sp³-hybridized carbons (Fsp3) is 0. The Morgan fingerprint density at radius 3 is 2.84 bits per heavy atom. The van der Waals surface area contributed by atoms with Crippen molar-refractivity contribution in [3.8, 4) is 23.0 Å². The zero-order valence-corrected chi connectivity index (χ0v) is 10.4. The Morgan fingerprint density at radius 2 is 2.11 bits per heavy atom. The Hall–Kier alpha value is -2.47. The third-order valence-electron chi connectivity index (χ3n) is 2.50. The van der Waals surface area contributed by atoms with Gasteiger partial charge in [-0.3, -0.25) is 0 Å². The molecule has 1 aromatic carbocycles. The highest BCUT2D eigenvalue weighted by Crippen LogP contribution is 2.32. The van der Waals surface area contributed by atoms with E-state index in [0.29, 0.717) is 27.8 Å². The lowest BCUT2D eigenvalue weighted by Crippen LogP contribution is -1.91. The third kappa shape index (κ3) is 2.13. The molecule has 0 radical (unpaired) electrons. The minimum Gasteiger partial charge on any atom is -0.398 e. The summed E-state index contributed by atoms with van der Waals surface area (Å²) in [5.74, 6) is 0.619.